The van der Waals surface area contributed by atoms with Gasteiger partial charge in [-0.15, -0.1) is 0 Å². The summed E-state index contributed by atoms with van der Waals surface area (Å²) >= 11 is 5.93. The van der Waals surface area contributed by atoms with Crippen LogP contribution in [0.3, 0.4) is 0 Å². The van der Waals surface area contributed by atoms with Gasteiger partial charge in [0, 0.05) is 22.2 Å². The number of amides is 1. The zero-order chi connectivity index (χ0) is 16.0. The third kappa shape index (κ3) is 2.31. The molecule has 3 N–H and O–H groups in total. The van der Waals surface area contributed by atoms with Crippen LogP contribution >= 0.6 is 11.6 Å². The van der Waals surface area contributed by atoms with Gasteiger partial charge in [0.25, 0.3) is 5.56 Å². The molecule has 4 nitrogen and oxygen atoms in total. The first-order valence-electron chi connectivity index (χ1n) is 6.90. The molecule has 0 radical (unpaired) electrons. The molecule has 1 aliphatic rings. The molecule has 0 aliphatic heterocycles. The van der Waals surface area contributed by atoms with Crippen molar-refractivity contribution in [3.8, 4) is 0 Å². The minimum Gasteiger partial charge on any atom is -0.366 e. The van der Waals surface area contributed by atoms with Gasteiger partial charge in [0.05, 0.1) is 5.56 Å². The summed E-state index contributed by atoms with van der Waals surface area (Å²) in [7, 11) is 0. The topological polar surface area (TPSA) is 75.9 Å². The molecule has 0 fully saturated rings. The smallest absolute Gasteiger partial charge is 0.251 e. The number of carbonyl (C=O) groups is 1. The molecule has 22 heavy (non-hydrogen) atoms. The number of hydrogen-bond acceptors (Lipinski definition) is 2. The van der Waals surface area contributed by atoms with Crippen LogP contribution in [0.5, 0.6) is 0 Å². The molecule has 1 aliphatic carbocycles. The average Bonchev–Trinajstić information content (AvgIpc) is 2.82. The van der Waals surface area contributed by atoms with Crippen LogP contribution in [0.25, 0.3) is 0 Å². The third-order valence-corrected chi connectivity index (χ3v) is 4.38. The molecule has 0 bridgehead atoms. The maximum absolute atomic E-state index is 14.0. The van der Waals surface area contributed by atoms with E-state index in [1.54, 1.807) is 13.0 Å². The van der Waals surface area contributed by atoms with Gasteiger partial charge in [-0.05, 0) is 49.1 Å². The maximum atomic E-state index is 14.0. The van der Waals surface area contributed by atoms with E-state index in [1.807, 2.05) is 0 Å². The zero-order valence-electron chi connectivity index (χ0n) is 11.9. The van der Waals surface area contributed by atoms with Crippen molar-refractivity contribution in [1.29, 1.82) is 0 Å². The largest absolute Gasteiger partial charge is 0.366 e. The highest BCUT2D eigenvalue weighted by Crippen LogP contribution is 2.39. The Hall–Kier alpha value is -2.14. The highest BCUT2D eigenvalue weighted by Gasteiger charge is 2.29. The molecule has 1 amide bonds. The second-order valence-electron chi connectivity index (χ2n) is 5.50. The Morgan fingerprint density at radius 2 is 2.09 bits per heavy atom. The van der Waals surface area contributed by atoms with Crippen molar-refractivity contribution in [2.45, 2.75) is 25.7 Å². The van der Waals surface area contributed by atoms with Crippen LogP contribution in [0, 0.1) is 12.7 Å². The number of fused-ring (bicyclic) bond motifs is 1. The molecule has 0 saturated heterocycles. The summed E-state index contributed by atoms with van der Waals surface area (Å²) in [6, 6.07) is 4.47. The SMILES string of the molecule is Cc1[nH]c(=O)c([C@@H]2CCc3c(F)cc(Cl)cc32)cc1C(N)=O. The van der Waals surface area contributed by atoms with E-state index < -0.39 is 5.91 Å². The van der Waals surface area contributed by atoms with Gasteiger partial charge >= 0.3 is 0 Å². The van der Waals surface area contributed by atoms with Crippen molar-refractivity contribution in [2.24, 2.45) is 5.73 Å². The summed E-state index contributed by atoms with van der Waals surface area (Å²) < 4.78 is 14.0. The molecule has 3 rings (SSSR count). The number of carbonyl (C=O) groups excluding carboxylic acids is 1. The molecule has 0 saturated carbocycles. The number of halogens is 2. The number of nitrogens with one attached hydrogen (secondary N) is 1. The lowest BCUT2D eigenvalue weighted by molar-refractivity contribution is 0.0999. The van der Waals surface area contributed by atoms with Gasteiger partial charge in [0.2, 0.25) is 5.91 Å². The first kappa shape index (κ1) is 14.8. The van der Waals surface area contributed by atoms with Gasteiger partial charge in [-0.2, -0.15) is 0 Å². The van der Waals surface area contributed by atoms with Crippen LogP contribution < -0.4 is 11.3 Å². The molecular formula is C16H14ClFN2O2. The maximum Gasteiger partial charge on any atom is 0.251 e. The molecule has 114 valence electrons. The number of nitrogens with two attached hydrogens (primary N) is 1. The first-order valence-corrected chi connectivity index (χ1v) is 7.27. The Morgan fingerprint density at radius 1 is 1.36 bits per heavy atom. The minimum atomic E-state index is -0.606. The van der Waals surface area contributed by atoms with Gasteiger partial charge in [0.15, 0.2) is 0 Å². The Kier molecular flexibility index (Phi) is 3.53. The molecule has 6 heteroatoms. The summed E-state index contributed by atoms with van der Waals surface area (Å²) in [5.74, 6) is -1.25. The van der Waals surface area contributed by atoms with Crippen LogP contribution in [0.15, 0.2) is 23.0 Å². The monoisotopic (exact) mass is 320 g/mol. The molecule has 1 heterocycles. The second-order valence-corrected chi connectivity index (χ2v) is 5.94. The molecule has 1 atom stereocenters. The van der Waals surface area contributed by atoms with Crippen molar-refractivity contribution in [2.75, 3.05) is 0 Å². The highest BCUT2D eigenvalue weighted by atomic mass is 35.5. The van der Waals surface area contributed by atoms with Crippen molar-refractivity contribution in [1.82, 2.24) is 4.98 Å². The lowest BCUT2D eigenvalue weighted by Gasteiger charge is -2.14. The van der Waals surface area contributed by atoms with Crippen LogP contribution in [0.4, 0.5) is 4.39 Å². The molecule has 0 unspecified atom stereocenters. The Morgan fingerprint density at radius 3 is 2.77 bits per heavy atom. The molecule has 1 aromatic heterocycles. The summed E-state index contributed by atoms with van der Waals surface area (Å²) in [6.07, 6.45) is 1.12. The standard InChI is InChI=1S/C16H14ClFN2O2/c1-7-11(15(19)21)6-13(16(22)20-7)9-2-3-10-12(9)4-8(17)5-14(10)18/h4-6,9H,2-3H2,1H3,(H2,19,21)(H,20,22)/t9-/m1/s1. The molecule has 0 spiro atoms. The fraction of sp³-hybridized carbons (Fsp3) is 0.250. The number of rotatable bonds is 2. The zero-order valence-corrected chi connectivity index (χ0v) is 12.6. The lowest BCUT2D eigenvalue weighted by atomic mass is 9.92. The molecular weight excluding hydrogens is 307 g/mol. The number of aromatic nitrogens is 1. The van der Waals surface area contributed by atoms with E-state index >= 15 is 0 Å². The van der Waals surface area contributed by atoms with E-state index in [4.69, 9.17) is 17.3 Å². The fourth-order valence-electron chi connectivity index (χ4n) is 3.12. The fourth-order valence-corrected chi connectivity index (χ4v) is 3.33. The van der Waals surface area contributed by atoms with E-state index in [0.29, 0.717) is 40.2 Å². The summed E-state index contributed by atoms with van der Waals surface area (Å²) in [5, 5.41) is 0.293. The van der Waals surface area contributed by atoms with Gasteiger partial charge < -0.3 is 10.7 Å². The van der Waals surface area contributed by atoms with Gasteiger partial charge in [-0.3, -0.25) is 9.59 Å². The van der Waals surface area contributed by atoms with Crippen LogP contribution in [-0.4, -0.2) is 10.9 Å². The van der Waals surface area contributed by atoms with Gasteiger partial charge in [-0.1, -0.05) is 11.6 Å². The Labute approximate surface area is 131 Å². The second kappa shape index (κ2) is 5.25. The van der Waals surface area contributed by atoms with E-state index in [9.17, 15) is 14.0 Å². The van der Waals surface area contributed by atoms with Crippen molar-refractivity contribution >= 4 is 17.5 Å². The van der Waals surface area contributed by atoms with E-state index in [-0.39, 0.29) is 22.9 Å². The Bertz CT molecular complexity index is 845. The van der Waals surface area contributed by atoms with Crippen molar-refractivity contribution in [3.05, 3.63) is 67.3 Å². The summed E-state index contributed by atoms with van der Waals surface area (Å²) in [4.78, 5) is 26.4. The van der Waals surface area contributed by atoms with E-state index in [2.05, 4.69) is 4.98 Å². The van der Waals surface area contributed by atoms with Gasteiger partial charge in [-0.25, -0.2) is 4.39 Å². The van der Waals surface area contributed by atoms with E-state index in [1.165, 1.54) is 12.1 Å². The normalized spacial score (nSPS) is 16.6. The minimum absolute atomic E-state index is 0.269. The number of aryl methyl sites for hydroxylation is 1. The first-order chi connectivity index (χ1) is 10.4. The number of primary amides is 1. The molecule has 1 aromatic carbocycles. The third-order valence-electron chi connectivity index (χ3n) is 4.16. The summed E-state index contributed by atoms with van der Waals surface area (Å²) in [5.41, 5.74) is 7.44. The number of hydrogen-bond donors (Lipinski definition) is 2. The van der Waals surface area contributed by atoms with Crippen LogP contribution in [-0.2, 0) is 6.42 Å². The predicted octanol–water partition coefficient (Wildman–Crippen LogP) is 2.65. The number of aromatic amines is 1. The number of benzene rings is 1. The van der Waals surface area contributed by atoms with Crippen LogP contribution in [0.2, 0.25) is 5.02 Å². The average molecular weight is 321 g/mol. The Balaban J connectivity index is 2.18. The van der Waals surface area contributed by atoms with Crippen molar-refractivity contribution < 1.29 is 9.18 Å². The summed E-state index contributed by atoms with van der Waals surface area (Å²) in [6.45, 7) is 1.62. The molecule has 2 aromatic rings. The van der Waals surface area contributed by atoms with Crippen molar-refractivity contribution in [3.63, 3.8) is 0 Å². The van der Waals surface area contributed by atoms with Crippen LogP contribution in [0.1, 0.15) is 45.1 Å². The lowest BCUT2D eigenvalue weighted by Crippen LogP contribution is -2.22. The van der Waals surface area contributed by atoms with Gasteiger partial charge in [0.1, 0.15) is 5.82 Å². The quantitative estimate of drug-likeness (QED) is 0.892. The number of H-pyrrole nitrogens is 1. The highest BCUT2D eigenvalue weighted by molar-refractivity contribution is 6.30. The predicted molar refractivity (Wildman–Crippen MR) is 81.9 cm³/mol. The number of pyridine rings is 1. The van der Waals surface area contributed by atoms with E-state index in [0.717, 1.165) is 0 Å².